The SMILES string of the molecule is C[C@H]1CC[C@@H](CCC(=O)N(C)C[C@@H]2CCCN(C)[C@H]2c2cnn(C)c2)O1. The van der Waals surface area contributed by atoms with Crippen molar-refractivity contribution in [3.63, 3.8) is 0 Å². The summed E-state index contributed by atoms with van der Waals surface area (Å²) < 4.78 is 7.71. The third-order valence-corrected chi connectivity index (χ3v) is 6.01. The summed E-state index contributed by atoms with van der Waals surface area (Å²) in [4.78, 5) is 17.0. The van der Waals surface area contributed by atoms with E-state index in [9.17, 15) is 4.79 Å². The van der Waals surface area contributed by atoms with E-state index in [2.05, 4.69) is 30.2 Å². The van der Waals surface area contributed by atoms with Crippen LogP contribution in [0, 0.1) is 5.92 Å². The van der Waals surface area contributed by atoms with E-state index in [-0.39, 0.29) is 12.0 Å². The van der Waals surface area contributed by atoms with Crippen molar-refractivity contribution >= 4 is 5.91 Å². The molecule has 2 aliphatic rings. The van der Waals surface area contributed by atoms with Gasteiger partial charge in [-0.15, -0.1) is 0 Å². The number of aromatic nitrogens is 2. The van der Waals surface area contributed by atoms with E-state index in [1.54, 1.807) is 0 Å². The second kappa shape index (κ2) is 8.53. The molecule has 6 nitrogen and oxygen atoms in total. The molecule has 0 aromatic carbocycles. The zero-order valence-corrected chi connectivity index (χ0v) is 16.7. The van der Waals surface area contributed by atoms with Crippen LogP contribution in [0.4, 0.5) is 0 Å². The van der Waals surface area contributed by atoms with Gasteiger partial charge in [-0.2, -0.15) is 5.10 Å². The zero-order valence-electron chi connectivity index (χ0n) is 16.7. The lowest BCUT2D eigenvalue weighted by Crippen LogP contribution is -2.42. The quantitative estimate of drug-likeness (QED) is 0.781. The smallest absolute Gasteiger partial charge is 0.222 e. The maximum atomic E-state index is 12.6. The van der Waals surface area contributed by atoms with Gasteiger partial charge < -0.3 is 9.64 Å². The van der Waals surface area contributed by atoms with Crippen molar-refractivity contribution in [1.82, 2.24) is 19.6 Å². The molecule has 0 saturated carbocycles. The Bertz CT molecular complexity index is 602. The Hall–Kier alpha value is -1.40. The molecule has 3 rings (SSSR count). The predicted octanol–water partition coefficient (Wildman–Crippen LogP) is 2.61. The molecule has 0 N–H and O–H groups in total. The number of likely N-dealkylation sites (tertiary alicyclic amines) is 1. The van der Waals surface area contributed by atoms with E-state index in [0.29, 0.717) is 24.5 Å². The summed E-state index contributed by atoms with van der Waals surface area (Å²) in [5.41, 5.74) is 1.26. The normalized spacial score (nSPS) is 29.8. The average Bonchev–Trinajstić information content (AvgIpc) is 3.21. The largest absolute Gasteiger partial charge is 0.375 e. The molecular formula is C20H34N4O2. The number of hydrogen-bond donors (Lipinski definition) is 0. The van der Waals surface area contributed by atoms with Crippen molar-refractivity contribution in [2.45, 2.75) is 63.7 Å². The van der Waals surface area contributed by atoms with E-state index in [4.69, 9.17) is 4.74 Å². The van der Waals surface area contributed by atoms with Gasteiger partial charge in [-0.05, 0) is 58.5 Å². The number of hydrogen-bond acceptors (Lipinski definition) is 4. The average molecular weight is 363 g/mol. The molecule has 3 heterocycles. The molecule has 0 radical (unpaired) electrons. The minimum Gasteiger partial charge on any atom is -0.375 e. The van der Waals surface area contributed by atoms with Gasteiger partial charge in [0, 0.05) is 44.9 Å². The number of nitrogens with zero attached hydrogens (tertiary/aromatic N) is 4. The Morgan fingerprint density at radius 1 is 1.35 bits per heavy atom. The fraction of sp³-hybridized carbons (Fsp3) is 0.800. The summed E-state index contributed by atoms with van der Waals surface area (Å²) in [5, 5.41) is 4.35. The van der Waals surface area contributed by atoms with Crippen molar-refractivity contribution in [3.8, 4) is 0 Å². The second-order valence-corrected chi connectivity index (χ2v) is 8.23. The van der Waals surface area contributed by atoms with Crippen LogP contribution in [0.3, 0.4) is 0 Å². The van der Waals surface area contributed by atoms with E-state index in [1.807, 2.05) is 29.9 Å². The van der Waals surface area contributed by atoms with Crippen molar-refractivity contribution in [1.29, 1.82) is 0 Å². The lowest BCUT2D eigenvalue weighted by atomic mass is 9.85. The van der Waals surface area contributed by atoms with Crippen LogP contribution in [0.1, 0.15) is 57.1 Å². The zero-order chi connectivity index (χ0) is 18.7. The Balaban J connectivity index is 1.55. The number of carbonyl (C=O) groups excluding carboxylic acids is 1. The number of carbonyl (C=O) groups is 1. The molecule has 1 aromatic rings. The molecule has 1 amide bonds. The molecule has 0 spiro atoms. The number of piperidine rings is 1. The summed E-state index contributed by atoms with van der Waals surface area (Å²) in [5.74, 6) is 0.695. The third-order valence-electron chi connectivity index (χ3n) is 6.01. The summed E-state index contributed by atoms with van der Waals surface area (Å²) in [6, 6.07) is 0.340. The minimum absolute atomic E-state index is 0.242. The van der Waals surface area contributed by atoms with Crippen LogP contribution in [-0.4, -0.2) is 64.9 Å². The Kier molecular flexibility index (Phi) is 6.35. The van der Waals surface area contributed by atoms with Gasteiger partial charge in [-0.1, -0.05) is 0 Å². The van der Waals surface area contributed by atoms with E-state index >= 15 is 0 Å². The highest BCUT2D eigenvalue weighted by molar-refractivity contribution is 5.75. The first kappa shape index (κ1) is 19.4. The first-order valence-corrected chi connectivity index (χ1v) is 10.0. The molecular weight excluding hydrogens is 328 g/mol. The van der Waals surface area contributed by atoms with Crippen LogP contribution in [0.2, 0.25) is 0 Å². The number of rotatable bonds is 6. The molecule has 0 bridgehead atoms. The third kappa shape index (κ3) is 4.65. The molecule has 2 aliphatic heterocycles. The van der Waals surface area contributed by atoms with Crippen molar-refractivity contribution < 1.29 is 9.53 Å². The Morgan fingerprint density at radius 3 is 2.81 bits per heavy atom. The van der Waals surface area contributed by atoms with Crippen molar-refractivity contribution in [2.24, 2.45) is 13.0 Å². The number of aryl methyl sites for hydroxylation is 1. The van der Waals surface area contributed by atoms with Gasteiger partial charge in [-0.3, -0.25) is 14.4 Å². The second-order valence-electron chi connectivity index (χ2n) is 8.23. The van der Waals surface area contributed by atoms with E-state index < -0.39 is 0 Å². The van der Waals surface area contributed by atoms with Gasteiger partial charge in [0.1, 0.15) is 0 Å². The van der Waals surface area contributed by atoms with E-state index in [1.165, 1.54) is 12.0 Å². The molecule has 6 heteroatoms. The lowest BCUT2D eigenvalue weighted by Gasteiger charge is -2.40. The topological polar surface area (TPSA) is 50.6 Å². The molecule has 1 aromatic heterocycles. The molecule has 26 heavy (non-hydrogen) atoms. The molecule has 2 saturated heterocycles. The van der Waals surface area contributed by atoms with Gasteiger partial charge in [0.15, 0.2) is 0 Å². The van der Waals surface area contributed by atoms with Crippen LogP contribution in [-0.2, 0) is 16.6 Å². The Labute approximate surface area is 157 Å². The van der Waals surface area contributed by atoms with Crippen LogP contribution in [0.25, 0.3) is 0 Å². The highest BCUT2D eigenvalue weighted by atomic mass is 16.5. The summed E-state index contributed by atoms with van der Waals surface area (Å²) >= 11 is 0. The molecule has 4 atom stereocenters. The highest BCUT2D eigenvalue weighted by Crippen LogP contribution is 2.35. The van der Waals surface area contributed by atoms with Gasteiger partial charge in [-0.25, -0.2) is 0 Å². The van der Waals surface area contributed by atoms with Crippen molar-refractivity contribution in [2.75, 3.05) is 27.2 Å². The minimum atomic E-state index is 0.242. The number of ether oxygens (including phenoxy) is 1. The van der Waals surface area contributed by atoms with E-state index in [0.717, 1.165) is 38.8 Å². The fourth-order valence-corrected chi connectivity index (χ4v) is 4.60. The fourth-order valence-electron chi connectivity index (χ4n) is 4.60. The first-order valence-electron chi connectivity index (χ1n) is 10.0. The van der Waals surface area contributed by atoms with Gasteiger partial charge in [0.2, 0.25) is 5.91 Å². The monoisotopic (exact) mass is 362 g/mol. The van der Waals surface area contributed by atoms with Crippen LogP contribution in [0.15, 0.2) is 12.4 Å². The van der Waals surface area contributed by atoms with Gasteiger partial charge in [0.05, 0.1) is 18.4 Å². The summed E-state index contributed by atoms with van der Waals surface area (Å²) in [7, 11) is 6.10. The van der Waals surface area contributed by atoms with Crippen molar-refractivity contribution in [3.05, 3.63) is 18.0 Å². The summed E-state index contributed by atoms with van der Waals surface area (Å²) in [6.07, 6.45) is 10.7. The Morgan fingerprint density at radius 2 is 2.15 bits per heavy atom. The standard InChI is InChI=1S/C20H34N4O2/c1-15-7-8-18(26-15)9-10-19(25)23(3)13-16-6-5-11-22(2)20(16)17-12-21-24(4)14-17/h12,14-16,18,20H,5-11,13H2,1-4H3/t15-,16-,18-,20+/m0/s1. The van der Waals surface area contributed by atoms with Crippen LogP contribution in [0.5, 0.6) is 0 Å². The maximum absolute atomic E-state index is 12.6. The van der Waals surface area contributed by atoms with Crippen LogP contribution < -0.4 is 0 Å². The predicted molar refractivity (Wildman–Crippen MR) is 102 cm³/mol. The molecule has 2 fully saturated rings. The molecule has 0 aliphatic carbocycles. The maximum Gasteiger partial charge on any atom is 0.222 e. The highest BCUT2D eigenvalue weighted by Gasteiger charge is 2.33. The number of amides is 1. The molecule has 146 valence electrons. The van der Waals surface area contributed by atoms with Crippen LogP contribution >= 0.6 is 0 Å². The summed E-state index contributed by atoms with van der Waals surface area (Å²) in [6.45, 7) is 4.03. The van der Waals surface area contributed by atoms with Gasteiger partial charge in [0.25, 0.3) is 0 Å². The van der Waals surface area contributed by atoms with Gasteiger partial charge >= 0.3 is 0 Å². The first-order chi connectivity index (χ1) is 12.4. The molecule has 0 unspecified atom stereocenters. The lowest BCUT2D eigenvalue weighted by molar-refractivity contribution is -0.131.